The van der Waals surface area contributed by atoms with E-state index in [1.165, 1.54) is 0 Å². The summed E-state index contributed by atoms with van der Waals surface area (Å²) in [4.78, 5) is 23.2. The van der Waals surface area contributed by atoms with Crippen molar-refractivity contribution in [3.8, 4) is 0 Å². The zero-order valence-corrected chi connectivity index (χ0v) is 10.1. The maximum atomic E-state index is 11.7. The van der Waals surface area contributed by atoms with Crippen LogP contribution in [0.15, 0.2) is 0 Å². The van der Waals surface area contributed by atoms with Crippen molar-refractivity contribution in [1.29, 1.82) is 0 Å². The largest absolute Gasteiger partial charge is 0.352 e. The molecule has 86 valence electrons. The van der Waals surface area contributed by atoms with Gasteiger partial charge in [-0.3, -0.25) is 9.59 Å². The molecule has 0 bridgehead atoms. The second kappa shape index (κ2) is 4.33. The normalized spacial score (nSPS) is 27.6. The summed E-state index contributed by atoms with van der Waals surface area (Å²) in [5.74, 6) is 0.489. The van der Waals surface area contributed by atoms with Crippen LogP contribution in [-0.2, 0) is 9.59 Å². The lowest BCUT2D eigenvalue weighted by Gasteiger charge is -2.28. The molecule has 0 aromatic rings. The summed E-state index contributed by atoms with van der Waals surface area (Å²) in [6.45, 7) is 7.62. The number of hydrogen-bond acceptors (Lipinski definition) is 2. The highest BCUT2D eigenvalue weighted by Crippen LogP contribution is 2.22. The van der Waals surface area contributed by atoms with Crippen molar-refractivity contribution in [2.45, 2.75) is 53.0 Å². The Morgan fingerprint density at radius 1 is 1.33 bits per heavy atom. The Bertz CT molecular complexity index is 265. The number of carbonyl (C=O) groups is 2. The van der Waals surface area contributed by atoms with Crippen LogP contribution in [-0.4, -0.2) is 17.7 Å². The molecule has 1 aliphatic rings. The molecular weight excluding hydrogens is 190 g/mol. The van der Waals surface area contributed by atoms with Crippen LogP contribution in [0.2, 0.25) is 0 Å². The van der Waals surface area contributed by atoms with Gasteiger partial charge in [0, 0.05) is 23.8 Å². The van der Waals surface area contributed by atoms with E-state index in [0.29, 0.717) is 6.42 Å². The summed E-state index contributed by atoms with van der Waals surface area (Å²) in [5.41, 5.74) is -0.369. The SMILES string of the molecule is C[C@H]1CC[C@H](NC(=O)C(C)(C)C)CC1=O. The van der Waals surface area contributed by atoms with Crippen molar-refractivity contribution in [3.63, 3.8) is 0 Å². The predicted molar refractivity (Wildman–Crippen MR) is 59.4 cm³/mol. The van der Waals surface area contributed by atoms with Crippen LogP contribution in [0.3, 0.4) is 0 Å². The maximum absolute atomic E-state index is 11.7. The molecule has 2 atom stereocenters. The minimum atomic E-state index is -0.369. The molecule has 3 heteroatoms. The number of rotatable bonds is 1. The smallest absolute Gasteiger partial charge is 0.225 e. The standard InChI is InChI=1S/C12H21NO2/c1-8-5-6-9(7-10(8)14)13-11(15)12(2,3)4/h8-9H,5-7H2,1-4H3,(H,13,15)/t8-,9-/m0/s1. The molecule has 1 rings (SSSR count). The number of amides is 1. The molecule has 0 aromatic heterocycles. The summed E-state index contributed by atoms with van der Waals surface area (Å²) in [6.07, 6.45) is 2.33. The maximum Gasteiger partial charge on any atom is 0.225 e. The van der Waals surface area contributed by atoms with Crippen molar-refractivity contribution in [3.05, 3.63) is 0 Å². The van der Waals surface area contributed by atoms with Crippen LogP contribution >= 0.6 is 0 Å². The van der Waals surface area contributed by atoms with Crippen molar-refractivity contribution in [2.75, 3.05) is 0 Å². The van der Waals surface area contributed by atoms with Gasteiger partial charge in [-0.05, 0) is 12.8 Å². The molecule has 1 amide bonds. The summed E-state index contributed by atoms with van der Waals surface area (Å²) in [7, 11) is 0. The highest BCUT2D eigenvalue weighted by molar-refractivity contribution is 5.85. The van der Waals surface area contributed by atoms with Gasteiger partial charge < -0.3 is 5.32 Å². The molecule has 1 fully saturated rings. The van der Waals surface area contributed by atoms with Crippen LogP contribution in [0.5, 0.6) is 0 Å². The van der Waals surface area contributed by atoms with Crippen molar-refractivity contribution in [2.24, 2.45) is 11.3 Å². The molecule has 0 heterocycles. The van der Waals surface area contributed by atoms with Gasteiger partial charge in [0.05, 0.1) is 0 Å². The second-order valence-electron chi connectivity index (χ2n) is 5.57. The van der Waals surface area contributed by atoms with E-state index < -0.39 is 0 Å². The minimum absolute atomic E-state index is 0.0369. The zero-order valence-electron chi connectivity index (χ0n) is 10.1. The third-order valence-electron chi connectivity index (χ3n) is 2.96. The van der Waals surface area contributed by atoms with Crippen LogP contribution in [0.25, 0.3) is 0 Å². The van der Waals surface area contributed by atoms with E-state index in [-0.39, 0.29) is 29.1 Å². The first-order valence-corrected chi connectivity index (χ1v) is 5.64. The second-order valence-corrected chi connectivity index (χ2v) is 5.57. The van der Waals surface area contributed by atoms with Gasteiger partial charge in [-0.2, -0.15) is 0 Å². The van der Waals surface area contributed by atoms with E-state index in [2.05, 4.69) is 5.32 Å². The Labute approximate surface area is 91.6 Å². The number of ketones is 1. The Morgan fingerprint density at radius 3 is 2.40 bits per heavy atom. The monoisotopic (exact) mass is 211 g/mol. The first kappa shape index (κ1) is 12.2. The summed E-state index contributed by atoms with van der Waals surface area (Å²) >= 11 is 0. The van der Waals surface area contributed by atoms with Crippen molar-refractivity contribution < 1.29 is 9.59 Å². The van der Waals surface area contributed by atoms with Crippen LogP contribution in [0.4, 0.5) is 0 Å². The van der Waals surface area contributed by atoms with E-state index in [9.17, 15) is 9.59 Å². The molecule has 0 unspecified atom stereocenters. The van der Waals surface area contributed by atoms with Crippen molar-refractivity contribution in [1.82, 2.24) is 5.32 Å². The average molecular weight is 211 g/mol. The highest BCUT2D eigenvalue weighted by Gasteiger charge is 2.29. The molecule has 1 N–H and O–H groups in total. The lowest BCUT2D eigenvalue weighted by atomic mass is 9.85. The molecule has 0 aromatic carbocycles. The average Bonchev–Trinajstić information content (AvgIpc) is 2.10. The fourth-order valence-electron chi connectivity index (χ4n) is 1.68. The molecule has 0 saturated heterocycles. The van der Waals surface area contributed by atoms with Crippen molar-refractivity contribution >= 4 is 11.7 Å². The molecule has 3 nitrogen and oxygen atoms in total. The zero-order chi connectivity index (χ0) is 11.6. The van der Waals surface area contributed by atoms with Gasteiger partial charge in [0.1, 0.15) is 5.78 Å². The lowest BCUT2D eigenvalue weighted by Crippen LogP contribution is -2.45. The first-order valence-electron chi connectivity index (χ1n) is 5.64. The Morgan fingerprint density at radius 2 is 1.93 bits per heavy atom. The molecule has 0 aliphatic heterocycles. The quantitative estimate of drug-likeness (QED) is 0.720. The van der Waals surface area contributed by atoms with E-state index in [1.807, 2.05) is 27.7 Å². The minimum Gasteiger partial charge on any atom is -0.352 e. The summed E-state index contributed by atoms with van der Waals surface area (Å²) in [6, 6.07) is 0.0559. The highest BCUT2D eigenvalue weighted by atomic mass is 16.2. The van der Waals surface area contributed by atoms with Crippen LogP contribution in [0, 0.1) is 11.3 Å². The molecule has 0 spiro atoms. The fourth-order valence-corrected chi connectivity index (χ4v) is 1.68. The van der Waals surface area contributed by atoms with Crippen LogP contribution in [0.1, 0.15) is 47.0 Å². The third kappa shape index (κ3) is 3.33. The van der Waals surface area contributed by atoms with E-state index in [0.717, 1.165) is 12.8 Å². The number of nitrogens with one attached hydrogen (secondary N) is 1. The molecular formula is C12H21NO2. The van der Waals surface area contributed by atoms with Gasteiger partial charge in [-0.25, -0.2) is 0 Å². The molecule has 15 heavy (non-hydrogen) atoms. The Balaban J connectivity index is 2.47. The first-order chi connectivity index (χ1) is 6.80. The van der Waals surface area contributed by atoms with Gasteiger partial charge in [-0.1, -0.05) is 27.7 Å². The fraction of sp³-hybridized carbons (Fsp3) is 0.833. The van der Waals surface area contributed by atoms with E-state index in [1.54, 1.807) is 0 Å². The predicted octanol–water partition coefficient (Wildman–Crippen LogP) is 1.91. The van der Waals surface area contributed by atoms with Crippen LogP contribution < -0.4 is 5.32 Å². The van der Waals surface area contributed by atoms with E-state index >= 15 is 0 Å². The third-order valence-corrected chi connectivity index (χ3v) is 2.96. The molecule has 1 saturated carbocycles. The van der Waals surface area contributed by atoms with E-state index in [4.69, 9.17) is 0 Å². The van der Waals surface area contributed by atoms with Gasteiger partial charge in [0.15, 0.2) is 0 Å². The Kier molecular flexibility index (Phi) is 3.53. The van der Waals surface area contributed by atoms with Gasteiger partial charge in [0.2, 0.25) is 5.91 Å². The summed E-state index contributed by atoms with van der Waals surface area (Å²) in [5, 5.41) is 2.95. The number of Topliss-reactive ketones (excluding diaryl/α,β-unsaturated/α-hetero) is 1. The lowest BCUT2D eigenvalue weighted by molar-refractivity contribution is -0.130. The molecule has 0 radical (unpaired) electrons. The van der Waals surface area contributed by atoms with Gasteiger partial charge in [-0.15, -0.1) is 0 Å². The number of carbonyl (C=O) groups excluding carboxylic acids is 2. The van der Waals surface area contributed by atoms with Gasteiger partial charge in [0.25, 0.3) is 0 Å². The topological polar surface area (TPSA) is 46.2 Å². The van der Waals surface area contributed by atoms with Gasteiger partial charge >= 0.3 is 0 Å². The summed E-state index contributed by atoms with van der Waals surface area (Å²) < 4.78 is 0. The Hall–Kier alpha value is -0.860. The molecule has 1 aliphatic carbocycles. The number of hydrogen-bond donors (Lipinski definition) is 1.